The van der Waals surface area contributed by atoms with Crippen LogP contribution < -0.4 is 0 Å². The van der Waals surface area contributed by atoms with Crippen LogP contribution in [-0.4, -0.2) is 55.9 Å². The summed E-state index contributed by atoms with van der Waals surface area (Å²) in [4.78, 5) is 15.6. The molecule has 0 rings (SSSR count). The summed E-state index contributed by atoms with van der Waals surface area (Å²) in [6, 6.07) is 0.0601. The van der Waals surface area contributed by atoms with Crippen LogP contribution in [0, 0.1) is 0 Å². The van der Waals surface area contributed by atoms with Crippen molar-refractivity contribution in [3.05, 3.63) is 0 Å². The normalized spacial score (nSPS) is 13.8. The van der Waals surface area contributed by atoms with E-state index >= 15 is 0 Å². The van der Waals surface area contributed by atoms with Gasteiger partial charge in [-0.15, -0.1) is 0 Å². The summed E-state index contributed by atoms with van der Waals surface area (Å²) in [5.74, 6) is 0.321. The van der Waals surface area contributed by atoms with Gasteiger partial charge in [0.1, 0.15) is 5.78 Å². The van der Waals surface area contributed by atoms with Gasteiger partial charge in [0.25, 0.3) is 0 Å². The zero-order valence-electron chi connectivity index (χ0n) is 9.50. The number of Topliss-reactive ketones (excluding diaryl/α,β-unsaturated/α-hetero) is 1. The van der Waals surface area contributed by atoms with Crippen LogP contribution in [0.5, 0.6) is 0 Å². The molecule has 0 aromatic heterocycles. The highest BCUT2D eigenvalue weighted by Crippen LogP contribution is 1.99. The van der Waals surface area contributed by atoms with Gasteiger partial charge in [0.2, 0.25) is 0 Å². The van der Waals surface area contributed by atoms with Gasteiger partial charge >= 0.3 is 0 Å². The van der Waals surface area contributed by atoms with Crippen LogP contribution in [0.25, 0.3) is 0 Å². The standard InChI is InChI=1S/C10H22N2O/c1-6-10(13)9(2)12(5)8-7-11(3)4/h9H,6-8H2,1-5H3. The second-order valence-corrected chi connectivity index (χ2v) is 3.78. The largest absolute Gasteiger partial charge is 0.308 e. The highest BCUT2D eigenvalue weighted by molar-refractivity contribution is 5.83. The third-order valence-electron chi connectivity index (χ3n) is 2.38. The molecule has 0 aliphatic heterocycles. The van der Waals surface area contributed by atoms with Crippen molar-refractivity contribution in [2.24, 2.45) is 0 Å². The van der Waals surface area contributed by atoms with Gasteiger partial charge in [-0.1, -0.05) is 6.92 Å². The van der Waals surface area contributed by atoms with Crippen molar-refractivity contribution in [1.29, 1.82) is 0 Å². The molecule has 3 heteroatoms. The summed E-state index contributed by atoms with van der Waals surface area (Å²) in [5.41, 5.74) is 0. The fourth-order valence-corrected chi connectivity index (χ4v) is 1.09. The van der Waals surface area contributed by atoms with Gasteiger partial charge in [0.15, 0.2) is 0 Å². The van der Waals surface area contributed by atoms with E-state index in [1.54, 1.807) is 0 Å². The van der Waals surface area contributed by atoms with Gasteiger partial charge < -0.3 is 4.90 Å². The Labute approximate surface area is 81.7 Å². The van der Waals surface area contributed by atoms with Crippen molar-refractivity contribution < 1.29 is 4.79 Å². The summed E-state index contributed by atoms with van der Waals surface area (Å²) in [7, 11) is 6.09. The maximum Gasteiger partial charge on any atom is 0.149 e. The molecule has 0 aliphatic carbocycles. The summed E-state index contributed by atoms with van der Waals surface area (Å²) in [5, 5.41) is 0. The van der Waals surface area contributed by atoms with Gasteiger partial charge in [0, 0.05) is 19.5 Å². The van der Waals surface area contributed by atoms with E-state index in [4.69, 9.17) is 0 Å². The van der Waals surface area contributed by atoms with Crippen molar-refractivity contribution in [3.8, 4) is 0 Å². The van der Waals surface area contributed by atoms with Crippen LogP contribution in [0.1, 0.15) is 20.3 Å². The molecule has 0 aromatic carbocycles. The highest BCUT2D eigenvalue weighted by atomic mass is 16.1. The quantitative estimate of drug-likeness (QED) is 0.614. The molecule has 1 unspecified atom stereocenters. The Balaban J connectivity index is 3.82. The Bertz CT molecular complexity index is 157. The van der Waals surface area contributed by atoms with E-state index in [1.165, 1.54) is 0 Å². The average molecular weight is 186 g/mol. The first-order chi connectivity index (χ1) is 5.99. The Morgan fingerprint density at radius 1 is 1.23 bits per heavy atom. The van der Waals surface area contributed by atoms with E-state index in [1.807, 2.05) is 35.0 Å². The van der Waals surface area contributed by atoms with Crippen molar-refractivity contribution in [1.82, 2.24) is 9.80 Å². The SMILES string of the molecule is CCC(=O)C(C)N(C)CCN(C)C. The second-order valence-electron chi connectivity index (χ2n) is 3.78. The third-order valence-corrected chi connectivity index (χ3v) is 2.38. The molecule has 13 heavy (non-hydrogen) atoms. The number of likely N-dealkylation sites (N-methyl/N-ethyl adjacent to an activating group) is 2. The average Bonchev–Trinajstić information content (AvgIpc) is 2.11. The molecule has 0 saturated heterocycles. The first kappa shape index (κ1) is 12.6. The topological polar surface area (TPSA) is 23.6 Å². The first-order valence-electron chi connectivity index (χ1n) is 4.86. The number of ketones is 1. The fraction of sp³-hybridized carbons (Fsp3) is 0.900. The molecule has 0 aliphatic rings. The lowest BCUT2D eigenvalue weighted by molar-refractivity contribution is -0.123. The smallest absolute Gasteiger partial charge is 0.149 e. The van der Waals surface area contributed by atoms with Crippen molar-refractivity contribution in [2.75, 3.05) is 34.2 Å². The number of hydrogen-bond donors (Lipinski definition) is 0. The zero-order valence-corrected chi connectivity index (χ0v) is 9.50. The summed E-state index contributed by atoms with van der Waals surface area (Å²) in [6.45, 7) is 5.83. The molecule has 0 heterocycles. The molecule has 3 nitrogen and oxygen atoms in total. The Kier molecular flexibility index (Phi) is 5.91. The minimum atomic E-state index is 0.0601. The van der Waals surface area contributed by atoms with E-state index in [0.29, 0.717) is 12.2 Å². The van der Waals surface area contributed by atoms with Crippen LogP contribution in [0.3, 0.4) is 0 Å². The van der Waals surface area contributed by atoms with Crippen molar-refractivity contribution >= 4 is 5.78 Å². The van der Waals surface area contributed by atoms with E-state index in [2.05, 4.69) is 9.80 Å². The lowest BCUT2D eigenvalue weighted by Gasteiger charge is -2.24. The van der Waals surface area contributed by atoms with Gasteiger partial charge in [-0.05, 0) is 28.1 Å². The summed E-state index contributed by atoms with van der Waals surface area (Å²) >= 11 is 0. The number of rotatable bonds is 6. The zero-order chi connectivity index (χ0) is 10.4. The lowest BCUT2D eigenvalue weighted by Crippen LogP contribution is -2.39. The molecule has 78 valence electrons. The molecule has 1 atom stereocenters. The molecule has 0 fully saturated rings. The minimum Gasteiger partial charge on any atom is -0.308 e. The Morgan fingerprint density at radius 2 is 1.77 bits per heavy atom. The van der Waals surface area contributed by atoms with E-state index in [9.17, 15) is 4.79 Å². The second kappa shape index (κ2) is 6.11. The molecule has 0 amide bonds. The molecule has 0 aromatic rings. The van der Waals surface area contributed by atoms with Crippen molar-refractivity contribution in [2.45, 2.75) is 26.3 Å². The summed E-state index contributed by atoms with van der Waals surface area (Å²) < 4.78 is 0. The van der Waals surface area contributed by atoms with Crippen LogP contribution in [0.4, 0.5) is 0 Å². The number of carbonyl (C=O) groups is 1. The number of carbonyl (C=O) groups excluding carboxylic acids is 1. The Hall–Kier alpha value is -0.410. The fourth-order valence-electron chi connectivity index (χ4n) is 1.09. The monoisotopic (exact) mass is 186 g/mol. The summed E-state index contributed by atoms with van der Waals surface area (Å²) in [6.07, 6.45) is 0.632. The molecule has 0 N–H and O–H groups in total. The van der Waals surface area contributed by atoms with Crippen LogP contribution in [-0.2, 0) is 4.79 Å². The molecule has 0 spiro atoms. The minimum absolute atomic E-state index is 0.0601. The predicted molar refractivity (Wildman–Crippen MR) is 55.9 cm³/mol. The number of hydrogen-bond acceptors (Lipinski definition) is 3. The molecular formula is C10H22N2O. The van der Waals surface area contributed by atoms with Crippen molar-refractivity contribution in [3.63, 3.8) is 0 Å². The molecule has 0 bridgehead atoms. The van der Waals surface area contributed by atoms with E-state index < -0.39 is 0 Å². The van der Waals surface area contributed by atoms with Gasteiger partial charge in [0.05, 0.1) is 6.04 Å². The maximum absolute atomic E-state index is 11.3. The lowest BCUT2D eigenvalue weighted by atomic mass is 10.1. The van der Waals surface area contributed by atoms with Crippen LogP contribution in [0.2, 0.25) is 0 Å². The van der Waals surface area contributed by atoms with Gasteiger partial charge in [-0.25, -0.2) is 0 Å². The van der Waals surface area contributed by atoms with Gasteiger partial charge in [-0.2, -0.15) is 0 Å². The van der Waals surface area contributed by atoms with Crippen LogP contribution >= 0.6 is 0 Å². The number of nitrogens with zero attached hydrogens (tertiary/aromatic N) is 2. The third kappa shape index (κ3) is 5.01. The predicted octanol–water partition coefficient (Wildman–Crippen LogP) is 0.847. The molecule has 0 saturated carbocycles. The van der Waals surface area contributed by atoms with E-state index in [0.717, 1.165) is 13.1 Å². The first-order valence-corrected chi connectivity index (χ1v) is 4.86. The van der Waals surface area contributed by atoms with E-state index in [-0.39, 0.29) is 6.04 Å². The van der Waals surface area contributed by atoms with Gasteiger partial charge in [-0.3, -0.25) is 9.69 Å². The highest BCUT2D eigenvalue weighted by Gasteiger charge is 2.15. The molecular weight excluding hydrogens is 164 g/mol. The maximum atomic E-state index is 11.3. The molecule has 0 radical (unpaired) electrons. The Morgan fingerprint density at radius 3 is 2.15 bits per heavy atom. The van der Waals surface area contributed by atoms with Crippen LogP contribution in [0.15, 0.2) is 0 Å².